The molecule has 0 aliphatic carbocycles. The smallest absolute Gasteiger partial charge is 0.158 e. The first-order valence-electron chi connectivity index (χ1n) is 6.28. The van der Waals surface area contributed by atoms with Gasteiger partial charge in [-0.25, -0.2) is 9.50 Å². The van der Waals surface area contributed by atoms with Gasteiger partial charge in [0, 0.05) is 17.0 Å². The number of nitrogens with one attached hydrogen (secondary N) is 1. The van der Waals surface area contributed by atoms with Crippen LogP contribution in [-0.4, -0.2) is 27.7 Å². The van der Waals surface area contributed by atoms with E-state index in [-0.39, 0.29) is 0 Å². The Bertz CT molecular complexity index is 538. The minimum atomic E-state index is 0.613. The molecule has 1 aliphatic rings. The first-order valence-corrected chi connectivity index (χ1v) is 6.28. The van der Waals surface area contributed by atoms with Gasteiger partial charge in [0.15, 0.2) is 5.65 Å². The topological polar surface area (TPSA) is 42.2 Å². The van der Waals surface area contributed by atoms with Gasteiger partial charge in [-0.05, 0) is 51.8 Å². The van der Waals surface area contributed by atoms with Gasteiger partial charge in [0.05, 0.1) is 6.20 Å². The van der Waals surface area contributed by atoms with Crippen LogP contribution in [0.5, 0.6) is 0 Å². The van der Waals surface area contributed by atoms with Gasteiger partial charge in [-0.1, -0.05) is 0 Å². The summed E-state index contributed by atoms with van der Waals surface area (Å²) in [5.74, 6) is 0.613. The average Bonchev–Trinajstić information content (AvgIpc) is 2.74. The van der Waals surface area contributed by atoms with Gasteiger partial charge in [-0.2, -0.15) is 5.10 Å². The quantitative estimate of drug-likeness (QED) is 0.812. The number of hydrogen-bond acceptors (Lipinski definition) is 3. The SMILES string of the molecule is Cc1cc(C)n2ncc(C3CCNCC3)c2n1. The number of piperidine rings is 1. The van der Waals surface area contributed by atoms with E-state index in [1.807, 2.05) is 17.6 Å². The van der Waals surface area contributed by atoms with E-state index in [9.17, 15) is 0 Å². The molecule has 1 fully saturated rings. The Labute approximate surface area is 101 Å². The third-order valence-electron chi connectivity index (χ3n) is 3.58. The van der Waals surface area contributed by atoms with E-state index in [1.54, 1.807) is 0 Å². The minimum Gasteiger partial charge on any atom is -0.317 e. The van der Waals surface area contributed by atoms with E-state index in [2.05, 4.69) is 28.4 Å². The Morgan fingerprint density at radius 1 is 1.29 bits per heavy atom. The van der Waals surface area contributed by atoms with Crippen LogP contribution in [0.3, 0.4) is 0 Å². The molecule has 0 spiro atoms. The molecule has 1 N–H and O–H groups in total. The largest absolute Gasteiger partial charge is 0.317 e. The van der Waals surface area contributed by atoms with Crippen molar-refractivity contribution in [2.24, 2.45) is 0 Å². The molecule has 4 nitrogen and oxygen atoms in total. The maximum atomic E-state index is 4.65. The van der Waals surface area contributed by atoms with E-state index >= 15 is 0 Å². The number of aryl methyl sites for hydroxylation is 2. The van der Waals surface area contributed by atoms with Crippen molar-refractivity contribution < 1.29 is 0 Å². The van der Waals surface area contributed by atoms with Crippen LogP contribution in [0, 0.1) is 13.8 Å². The number of aromatic nitrogens is 3. The molecule has 0 radical (unpaired) electrons. The Kier molecular flexibility index (Phi) is 2.59. The van der Waals surface area contributed by atoms with Gasteiger partial charge in [-0.3, -0.25) is 0 Å². The van der Waals surface area contributed by atoms with E-state index in [0.29, 0.717) is 5.92 Å². The number of nitrogens with zero attached hydrogens (tertiary/aromatic N) is 3. The molecule has 1 aliphatic heterocycles. The molecule has 3 heterocycles. The molecule has 3 rings (SSSR count). The summed E-state index contributed by atoms with van der Waals surface area (Å²) in [6.45, 7) is 6.34. The molecule has 0 bridgehead atoms. The predicted octanol–water partition coefficient (Wildman–Crippen LogP) is 1.81. The van der Waals surface area contributed by atoms with E-state index in [0.717, 1.165) is 30.1 Å². The summed E-state index contributed by atoms with van der Waals surface area (Å²) in [5, 5.41) is 7.87. The van der Waals surface area contributed by atoms with Crippen molar-refractivity contribution in [1.29, 1.82) is 0 Å². The van der Waals surface area contributed by atoms with Gasteiger partial charge in [-0.15, -0.1) is 0 Å². The molecule has 2 aromatic heterocycles. The van der Waals surface area contributed by atoms with Gasteiger partial charge in [0.1, 0.15) is 0 Å². The molecular weight excluding hydrogens is 212 g/mol. The maximum Gasteiger partial charge on any atom is 0.158 e. The van der Waals surface area contributed by atoms with Crippen molar-refractivity contribution in [1.82, 2.24) is 19.9 Å². The van der Waals surface area contributed by atoms with Gasteiger partial charge < -0.3 is 5.32 Å². The zero-order valence-electron chi connectivity index (χ0n) is 10.4. The Morgan fingerprint density at radius 2 is 2.06 bits per heavy atom. The molecule has 17 heavy (non-hydrogen) atoms. The third-order valence-corrected chi connectivity index (χ3v) is 3.58. The highest BCUT2D eigenvalue weighted by Crippen LogP contribution is 2.28. The van der Waals surface area contributed by atoms with Crippen molar-refractivity contribution in [3.8, 4) is 0 Å². The van der Waals surface area contributed by atoms with Crippen LogP contribution in [0.15, 0.2) is 12.3 Å². The van der Waals surface area contributed by atoms with Crippen molar-refractivity contribution in [3.05, 3.63) is 29.2 Å². The zero-order chi connectivity index (χ0) is 11.8. The fourth-order valence-electron chi connectivity index (χ4n) is 2.71. The summed E-state index contributed by atoms with van der Waals surface area (Å²) in [6, 6.07) is 2.08. The second-order valence-electron chi connectivity index (χ2n) is 4.90. The summed E-state index contributed by atoms with van der Waals surface area (Å²) < 4.78 is 1.96. The van der Waals surface area contributed by atoms with Crippen molar-refractivity contribution in [2.75, 3.05) is 13.1 Å². The van der Waals surface area contributed by atoms with Crippen molar-refractivity contribution in [2.45, 2.75) is 32.6 Å². The van der Waals surface area contributed by atoms with Crippen molar-refractivity contribution in [3.63, 3.8) is 0 Å². The fraction of sp³-hybridized carbons (Fsp3) is 0.538. The number of rotatable bonds is 1. The lowest BCUT2D eigenvalue weighted by molar-refractivity contribution is 0.462. The van der Waals surface area contributed by atoms with E-state index < -0.39 is 0 Å². The summed E-state index contributed by atoms with van der Waals surface area (Å²) >= 11 is 0. The molecule has 4 heteroatoms. The molecule has 0 atom stereocenters. The standard InChI is InChI=1S/C13H18N4/c1-9-7-10(2)17-13(16-9)12(8-15-17)11-3-5-14-6-4-11/h7-8,11,14H,3-6H2,1-2H3. The Balaban J connectivity index is 2.10. The third kappa shape index (κ3) is 1.82. The molecule has 0 amide bonds. The predicted molar refractivity (Wildman–Crippen MR) is 67.3 cm³/mol. The lowest BCUT2D eigenvalue weighted by Crippen LogP contribution is -2.26. The van der Waals surface area contributed by atoms with Crippen molar-refractivity contribution >= 4 is 5.65 Å². The lowest BCUT2D eigenvalue weighted by Gasteiger charge is -2.21. The lowest BCUT2D eigenvalue weighted by atomic mass is 9.92. The number of fused-ring (bicyclic) bond motifs is 1. The maximum absolute atomic E-state index is 4.65. The Hall–Kier alpha value is -1.42. The molecule has 2 aromatic rings. The summed E-state index contributed by atoms with van der Waals surface area (Å²) in [5.41, 5.74) is 4.60. The second kappa shape index (κ2) is 4.11. The van der Waals surface area contributed by atoms with E-state index in [1.165, 1.54) is 18.4 Å². The first kappa shape index (κ1) is 10.7. The molecular formula is C13H18N4. The van der Waals surface area contributed by atoms with E-state index in [4.69, 9.17) is 0 Å². The molecule has 0 saturated carbocycles. The molecule has 0 aromatic carbocycles. The molecule has 90 valence electrons. The zero-order valence-corrected chi connectivity index (χ0v) is 10.4. The summed E-state index contributed by atoms with van der Waals surface area (Å²) in [4.78, 5) is 4.65. The highest BCUT2D eigenvalue weighted by molar-refractivity contribution is 5.50. The van der Waals surface area contributed by atoms with Crippen LogP contribution in [-0.2, 0) is 0 Å². The summed E-state index contributed by atoms with van der Waals surface area (Å²) in [7, 11) is 0. The first-order chi connectivity index (χ1) is 8.25. The van der Waals surface area contributed by atoms with Gasteiger partial charge in [0.2, 0.25) is 0 Å². The number of hydrogen-bond donors (Lipinski definition) is 1. The molecule has 0 unspecified atom stereocenters. The van der Waals surface area contributed by atoms with Crippen LogP contribution in [0.1, 0.15) is 35.7 Å². The normalized spacial score (nSPS) is 17.8. The summed E-state index contributed by atoms with van der Waals surface area (Å²) in [6.07, 6.45) is 4.39. The highest BCUT2D eigenvalue weighted by Gasteiger charge is 2.20. The van der Waals surface area contributed by atoms with Gasteiger partial charge >= 0.3 is 0 Å². The minimum absolute atomic E-state index is 0.613. The van der Waals surface area contributed by atoms with Crippen LogP contribution in [0.2, 0.25) is 0 Å². The van der Waals surface area contributed by atoms with Gasteiger partial charge in [0.25, 0.3) is 0 Å². The monoisotopic (exact) mass is 230 g/mol. The van der Waals surface area contributed by atoms with Crippen LogP contribution in [0.4, 0.5) is 0 Å². The molecule has 1 saturated heterocycles. The average molecular weight is 230 g/mol. The fourth-order valence-corrected chi connectivity index (χ4v) is 2.71. The van der Waals surface area contributed by atoms with Crippen LogP contribution < -0.4 is 5.32 Å². The van der Waals surface area contributed by atoms with Crippen LogP contribution in [0.25, 0.3) is 5.65 Å². The highest BCUT2D eigenvalue weighted by atomic mass is 15.3. The van der Waals surface area contributed by atoms with Crippen LogP contribution >= 0.6 is 0 Å². The second-order valence-corrected chi connectivity index (χ2v) is 4.90. The Morgan fingerprint density at radius 3 is 2.82 bits per heavy atom.